The van der Waals surface area contributed by atoms with E-state index < -0.39 is 0 Å². The van der Waals surface area contributed by atoms with Gasteiger partial charge in [-0.15, -0.1) is 0 Å². The van der Waals surface area contributed by atoms with Crippen LogP contribution in [0.2, 0.25) is 0 Å². The number of hydrogen-bond donors (Lipinski definition) is 2. The monoisotopic (exact) mass is 261 g/mol. The normalized spacial score (nSPS) is 19.0. The Labute approximate surface area is 114 Å². The van der Waals surface area contributed by atoms with Crippen molar-refractivity contribution < 1.29 is 4.79 Å². The van der Waals surface area contributed by atoms with Crippen molar-refractivity contribution >= 4 is 11.6 Å². The number of aryl methyl sites for hydroxylation is 1. The van der Waals surface area contributed by atoms with E-state index in [1.54, 1.807) is 0 Å². The second-order valence-electron chi connectivity index (χ2n) is 5.63. The van der Waals surface area contributed by atoms with Crippen molar-refractivity contribution in [1.82, 2.24) is 4.90 Å². The summed E-state index contributed by atoms with van der Waals surface area (Å²) in [6.07, 6.45) is 2.22. The molecule has 0 spiro atoms. The molecule has 4 heteroatoms. The number of hydrazine groups is 1. The Morgan fingerprint density at radius 1 is 1.47 bits per heavy atom. The van der Waals surface area contributed by atoms with Gasteiger partial charge in [0.15, 0.2) is 0 Å². The number of amides is 1. The van der Waals surface area contributed by atoms with Crippen LogP contribution in [-0.4, -0.2) is 23.4 Å². The van der Waals surface area contributed by atoms with E-state index in [9.17, 15) is 4.79 Å². The fourth-order valence-electron chi connectivity index (χ4n) is 2.86. The second-order valence-corrected chi connectivity index (χ2v) is 5.63. The predicted molar refractivity (Wildman–Crippen MR) is 77.9 cm³/mol. The SMILES string of the molecule is Cc1cc(C(=O)N2CCCC2C(C)C)ccc1NN. The molecule has 19 heavy (non-hydrogen) atoms. The Balaban J connectivity index is 2.22. The molecule has 104 valence electrons. The number of nitrogen functional groups attached to an aromatic ring is 1. The molecule has 0 radical (unpaired) electrons. The zero-order valence-electron chi connectivity index (χ0n) is 11.9. The quantitative estimate of drug-likeness (QED) is 0.649. The van der Waals surface area contributed by atoms with Gasteiger partial charge in [0.2, 0.25) is 0 Å². The van der Waals surface area contributed by atoms with E-state index in [1.807, 2.05) is 30.0 Å². The molecule has 0 aromatic heterocycles. The number of rotatable bonds is 3. The molecule has 0 saturated carbocycles. The molecule has 0 bridgehead atoms. The van der Waals surface area contributed by atoms with Crippen molar-refractivity contribution in [2.75, 3.05) is 12.0 Å². The first-order valence-corrected chi connectivity index (χ1v) is 6.93. The van der Waals surface area contributed by atoms with E-state index in [1.165, 1.54) is 0 Å². The molecule has 1 aromatic rings. The lowest BCUT2D eigenvalue weighted by molar-refractivity contribution is 0.0701. The van der Waals surface area contributed by atoms with Crippen LogP contribution in [-0.2, 0) is 0 Å². The van der Waals surface area contributed by atoms with E-state index in [4.69, 9.17) is 5.84 Å². The second kappa shape index (κ2) is 5.61. The number of anilines is 1. The zero-order valence-corrected chi connectivity index (χ0v) is 11.9. The summed E-state index contributed by atoms with van der Waals surface area (Å²) in [5.74, 6) is 6.07. The number of nitrogens with two attached hydrogens (primary N) is 1. The van der Waals surface area contributed by atoms with Crippen LogP contribution in [0.1, 0.15) is 42.6 Å². The highest BCUT2D eigenvalue weighted by Gasteiger charge is 2.31. The van der Waals surface area contributed by atoms with Gasteiger partial charge < -0.3 is 10.3 Å². The van der Waals surface area contributed by atoms with Gasteiger partial charge in [0.1, 0.15) is 0 Å². The Bertz CT molecular complexity index is 470. The van der Waals surface area contributed by atoms with Crippen LogP contribution in [0.5, 0.6) is 0 Å². The van der Waals surface area contributed by atoms with Crippen molar-refractivity contribution in [2.24, 2.45) is 11.8 Å². The summed E-state index contributed by atoms with van der Waals surface area (Å²) < 4.78 is 0. The molecule has 3 N–H and O–H groups in total. The fourth-order valence-corrected chi connectivity index (χ4v) is 2.86. The number of benzene rings is 1. The molecule has 1 heterocycles. The van der Waals surface area contributed by atoms with Gasteiger partial charge in [-0.3, -0.25) is 10.6 Å². The zero-order chi connectivity index (χ0) is 14.0. The fraction of sp³-hybridized carbons (Fsp3) is 0.533. The molecular formula is C15H23N3O. The minimum absolute atomic E-state index is 0.142. The smallest absolute Gasteiger partial charge is 0.254 e. The van der Waals surface area contributed by atoms with Gasteiger partial charge >= 0.3 is 0 Å². The summed E-state index contributed by atoms with van der Waals surface area (Å²) in [6, 6.07) is 6.00. The van der Waals surface area contributed by atoms with Crippen LogP contribution < -0.4 is 11.3 Å². The minimum atomic E-state index is 0.142. The van der Waals surface area contributed by atoms with E-state index in [2.05, 4.69) is 19.3 Å². The van der Waals surface area contributed by atoms with Gasteiger partial charge in [0, 0.05) is 18.2 Å². The van der Waals surface area contributed by atoms with Gasteiger partial charge in [-0.1, -0.05) is 13.8 Å². The third-order valence-corrected chi connectivity index (χ3v) is 3.96. The number of carbonyl (C=O) groups excluding carboxylic acids is 1. The Hall–Kier alpha value is -1.55. The third-order valence-electron chi connectivity index (χ3n) is 3.96. The first-order chi connectivity index (χ1) is 9.04. The molecule has 2 rings (SSSR count). The van der Waals surface area contributed by atoms with E-state index in [0.29, 0.717) is 12.0 Å². The average molecular weight is 261 g/mol. The molecule has 1 amide bonds. The van der Waals surface area contributed by atoms with Gasteiger partial charge in [-0.25, -0.2) is 0 Å². The number of nitrogens with one attached hydrogen (secondary N) is 1. The number of nitrogens with zero attached hydrogens (tertiary/aromatic N) is 1. The lowest BCUT2D eigenvalue weighted by Gasteiger charge is -2.28. The van der Waals surface area contributed by atoms with Gasteiger partial charge in [0.05, 0.1) is 5.69 Å². The Kier molecular flexibility index (Phi) is 4.10. The molecule has 1 fully saturated rings. The highest BCUT2D eigenvalue weighted by Crippen LogP contribution is 2.26. The molecule has 4 nitrogen and oxygen atoms in total. The van der Waals surface area contributed by atoms with Crippen molar-refractivity contribution in [3.63, 3.8) is 0 Å². The molecule has 1 unspecified atom stereocenters. The van der Waals surface area contributed by atoms with E-state index in [-0.39, 0.29) is 5.91 Å². The summed E-state index contributed by atoms with van der Waals surface area (Å²) in [4.78, 5) is 14.6. The highest BCUT2D eigenvalue weighted by molar-refractivity contribution is 5.95. The van der Waals surface area contributed by atoms with Gasteiger partial charge in [-0.05, 0) is 49.4 Å². The predicted octanol–water partition coefficient (Wildman–Crippen LogP) is 2.54. The van der Waals surface area contributed by atoms with Crippen LogP contribution in [0.25, 0.3) is 0 Å². The van der Waals surface area contributed by atoms with Crippen molar-refractivity contribution in [3.05, 3.63) is 29.3 Å². The number of hydrogen-bond acceptors (Lipinski definition) is 3. The average Bonchev–Trinajstić information content (AvgIpc) is 2.87. The van der Waals surface area contributed by atoms with Crippen molar-refractivity contribution in [2.45, 2.75) is 39.7 Å². The van der Waals surface area contributed by atoms with E-state index in [0.717, 1.165) is 36.2 Å². The number of likely N-dealkylation sites (tertiary alicyclic amines) is 1. The molecule has 1 aromatic carbocycles. The maximum Gasteiger partial charge on any atom is 0.254 e. The molecule has 1 aliphatic rings. The molecular weight excluding hydrogens is 238 g/mol. The van der Waals surface area contributed by atoms with Gasteiger partial charge in [-0.2, -0.15) is 0 Å². The summed E-state index contributed by atoms with van der Waals surface area (Å²) in [5.41, 5.74) is 5.24. The maximum atomic E-state index is 12.6. The lowest BCUT2D eigenvalue weighted by Crippen LogP contribution is -2.38. The summed E-state index contributed by atoms with van der Waals surface area (Å²) in [6.45, 7) is 7.19. The van der Waals surface area contributed by atoms with Crippen LogP contribution in [0.4, 0.5) is 5.69 Å². The Morgan fingerprint density at radius 3 is 2.79 bits per heavy atom. The largest absolute Gasteiger partial charge is 0.335 e. The molecule has 0 aliphatic carbocycles. The van der Waals surface area contributed by atoms with Crippen LogP contribution in [0, 0.1) is 12.8 Å². The van der Waals surface area contributed by atoms with Gasteiger partial charge in [0.25, 0.3) is 5.91 Å². The van der Waals surface area contributed by atoms with Crippen molar-refractivity contribution in [3.8, 4) is 0 Å². The molecule has 1 saturated heterocycles. The maximum absolute atomic E-state index is 12.6. The third kappa shape index (κ3) is 2.73. The molecule has 1 aliphatic heterocycles. The van der Waals surface area contributed by atoms with Crippen LogP contribution >= 0.6 is 0 Å². The Morgan fingerprint density at radius 2 is 2.21 bits per heavy atom. The molecule has 1 atom stereocenters. The van der Waals surface area contributed by atoms with Crippen molar-refractivity contribution in [1.29, 1.82) is 0 Å². The number of carbonyl (C=O) groups is 1. The van der Waals surface area contributed by atoms with Crippen LogP contribution in [0.15, 0.2) is 18.2 Å². The summed E-state index contributed by atoms with van der Waals surface area (Å²) >= 11 is 0. The lowest BCUT2D eigenvalue weighted by atomic mass is 10.0. The topological polar surface area (TPSA) is 58.4 Å². The summed E-state index contributed by atoms with van der Waals surface area (Å²) in [5, 5.41) is 0. The summed E-state index contributed by atoms with van der Waals surface area (Å²) in [7, 11) is 0. The first-order valence-electron chi connectivity index (χ1n) is 6.93. The van der Waals surface area contributed by atoms with Crippen LogP contribution in [0.3, 0.4) is 0 Å². The first kappa shape index (κ1) is 13.9. The highest BCUT2D eigenvalue weighted by atomic mass is 16.2. The standard InChI is InChI=1S/C15H23N3O/c1-10(2)14-5-4-8-18(14)15(19)12-6-7-13(17-16)11(3)9-12/h6-7,9-10,14,17H,4-5,8,16H2,1-3H3. The van der Waals surface area contributed by atoms with E-state index >= 15 is 0 Å². The minimum Gasteiger partial charge on any atom is -0.335 e.